The van der Waals surface area contributed by atoms with E-state index in [1.165, 1.54) is 4.90 Å². The number of morpholine rings is 1. The number of halogens is 1. The van der Waals surface area contributed by atoms with Crippen molar-refractivity contribution in [3.05, 3.63) is 34.3 Å². The molecule has 0 bridgehead atoms. The van der Waals surface area contributed by atoms with Gasteiger partial charge >= 0.3 is 5.97 Å². The molecule has 1 atom stereocenters. The van der Waals surface area contributed by atoms with Gasteiger partial charge in [0, 0.05) is 29.5 Å². The normalized spacial score (nSPS) is 17.4. The highest BCUT2D eigenvalue weighted by atomic mass is 79.9. The second kappa shape index (κ2) is 8.79. The fourth-order valence-corrected chi connectivity index (χ4v) is 2.75. The van der Waals surface area contributed by atoms with Gasteiger partial charge in [-0.15, -0.1) is 0 Å². The van der Waals surface area contributed by atoms with Crippen LogP contribution in [-0.4, -0.2) is 60.1 Å². The van der Waals surface area contributed by atoms with Crippen LogP contribution in [0.2, 0.25) is 0 Å². The van der Waals surface area contributed by atoms with E-state index in [2.05, 4.69) is 21.2 Å². The van der Waals surface area contributed by atoms with Gasteiger partial charge in [0.15, 0.2) is 0 Å². The smallest absolute Gasteiger partial charge is 0.305 e. The summed E-state index contributed by atoms with van der Waals surface area (Å²) in [5.74, 6) is -1.40. The number of rotatable bonds is 6. The molecule has 2 N–H and O–H groups in total. The van der Waals surface area contributed by atoms with Crippen LogP contribution in [0.1, 0.15) is 23.2 Å². The quantitative estimate of drug-likeness (QED) is 0.751. The zero-order valence-electron chi connectivity index (χ0n) is 13.0. The van der Waals surface area contributed by atoms with Crippen molar-refractivity contribution in [2.24, 2.45) is 0 Å². The molecule has 0 spiro atoms. The van der Waals surface area contributed by atoms with Gasteiger partial charge < -0.3 is 20.1 Å². The summed E-state index contributed by atoms with van der Waals surface area (Å²) >= 11 is 3.30. The molecule has 0 saturated carbocycles. The van der Waals surface area contributed by atoms with Gasteiger partial charge in [0.1, 0.15) is 0 Å². The van der Waals surface area contributed by atoms with Crippen molar-refractivity contribution in [3.63, 3.8) is 0 Å². The van der Waals surface area contributed by atoms with E-state index in [0.29, 0.717) is 18.7 Å². The molecule has 1 aromatic carbocycles. The summed E-state index contributed by atoms with van der Waals surface area (Å²) in [6, 6.07) is 6.46. The third kappa shape index (κ3) is 5.31. The lowest BCUT2D eigenvalue weighted by Crippen LogP contribution is -2.50. The van der Waals surface area contributed by atoms with Gasteiger partial charge in [0.25, 0.3) is 5.91 Å². The molecular weight excluding hydrogens is 380 g/mol. The highest BCUT2D eigenvalue weighted by Gasteiger charge is 2.28. The fraction of sp³-hybridized carbons (Fsp3) is 0.438. The Morgan fingerprint density at radius 2 is 2.00 bits per heavy atom. The lowest BCUT2D eigenvalue weighted by molar-refractivity contribution is -0.146. The first-order valence-electron chi connectivity index (χ1n) is 7.60. The Morgan fingerprint density at radius 3 is 2.67 bits per heavy atom. The summed E-state index contributed by atoms with van der Waals surface area (Å²) in [6.07, 6.45) is -0.0185. The first kappa shape index (κ1) is 18.4. The van der Waals surface area contributed by atoms with Crippen LogP contribution < -0.4 is 5.32 Å². The van der Waals surface area contributed by atoms with E-state index in [9.17, 15) is 14.4 Å². The maximum atomic E-state index is 12.3. The number of carboxylic acids is 1. The molecule has 1 aromatic rings. The third-order valence-corrected chi connectivity index (χ3v) is 4.22. The summed E-state index contributed by atoms with van der Waals surface area (Å²) in [6.45, 7) is 1.19. The Labute approximate surface area is 148 Å². The van der Waals surface area contributed by atoms with Gasteiger partial charge in [-0.05, 0) is 24.3 Å². The number of ether oxygens (including phenoxy) is 1. The summed E-state index contributed by atoms with van der Waals surface area (Å²) in [5.41, 5.74) is 0.515. The Bertz CT molecular complexity index is 605. The van der Waals surface area contributed by atoms with E-state index < -0.39 is 12.0 Å². The number of hydrogen-bond donors (Lipinski definition) is 2. The molecule has 1 aliphatic heterocycles. The minimum atomic E-state index is -0.966. The number of carbonyl (C=O) groups is 3. The largest absolute Gasteiger partial charge is 0.481 e. The van der Waals surface area contributed by atoms with Crippen LogP contribution in [0.3, 0.4) is 0 Å². The van der Waals surface area contributed by atoms with Gasteiger partial charge in [-0.25, -0.2) is 0 Å². The number of hydrogen-bond acceptors (Lipinski definition) is 4. The number of nitrogens with one attached hydrogen (secondary N) is 1. The Kier molecular flexibility index (Phi) is 6.74. The number of amides is 2. The molecule has 1 unspecified atom stereocenters. The summed E-state index contributed by atoms with van der Waals surface area (Å²) in [7, 11) is 0. The lowest BCUT2D eigenvalue weighted by Gasteiger charge is -2.35. The molecule has 130 valence electrons. The Hall–Kier alpha value is -1.93. The predicted molar refractivity (Wildman–Crippen MR) is 89.7 cm³/mol. The van der Waals surface area contributed by atoms with Gasteiger partial charge in [-0.2, -0.15) is 0 Å². The van der Waals surface area contributed by atoms with E-state index in [1.54, 1.807) is 24.3 Å². The number of carboxylic acid groups (broad SMARTS) is 1. The zero-order chi connectivity index (χ0) is 17.5. The maximum Gasteiger partial charge on any atom is 0.305 e. The maximum absolute atomic E-state index is 12.3. The van der Waals surface area contributed by atoms with Crippen molar-refractivity contribution in [1.29, 1.82) is 0 Å². The molecule has 1 aliphatic rings. The van der Waals surface area contributed by atoms with Crippen molar-refractivity contribution in [1.82, 2.24) is 10.2 Å². The summed E-state index contributed by atoms with van der Waals surface area (Å²) in [5, 5.41) is 11.6. The lowest BCUT2D eigenvalue weighted by atomic mass is 10.1. The van der Waals surface area contributed by atoms with Gasteiger partial charge in [-0.1, -0.05) is 15.9 Å². The molecule has 7 nitrogen and oxygen atoms in total. The molecule has 1 fully saturated rings. The van der Waals surface area contributed by atoms with Crippen molar-refractivity contribution >= 4 is 33.7 Å². The highest BCUT2D eigenvalue weighted by molar-refractivity contribution is 9.10. The van der Waals surface area contributed by atoms with E-state index in [0.717, 1.165) is 4.47 Å². The Balaban J connectivity index is 1.82. The van der Waals surface area contributed by atoms with Gasteiger partial charge in [0.05, 0.1) is 25.7 Å². The molecule has 2 amide bonds. The Morgan fingerprint density at radius 1 is 1.29 bits per heavy atom. The fourth-order valence-electron chi connectivity index (χ4n) is 2.48. The minimum Gasteiger partial charge on any atom is -0.481 e. The second-order valence-corrected chi connectivity index (χ2v) is 6.34. The zero-order valence-corrected chi connectivity index (χ0v) is 14.6. The van der Waals surface area contributed by atoms with E-state index >= 15 is 0 Å². The van der Waals surface area contributed by atoms with Crippen LogP contribution in [0, 0.1) is 0 Å². The van der Waals surface area contributed by atoms with Crippen molar-refractivity contribution in [3.8, 4) is 0 Å². The van der Waals surface area contributed by atoms with Crippen LogP contribution in [0.15, 0.2) is 28.7 Å². The van der Waals surface area contributed by atoms with Crippen LogP contribution in [0.4, 0.5) is 0 Å². The van der Waals surface area contributed by atoms with Crippen molar-refractivity contribution < 1.29 is 24.2 Å². The predicted octanol–water partition coefficient (Wildman–Crippen LogP) is 1.27. The van der Waals surface area contributed by atoms with Gasteiger partial charge in [-0.3, -0.25) is 14.4 Å². The van der Waals surface area contributed by atoms with Gasteiger partial charge in [0.2, 0.25) is 5.91 Å². The third-order valence-electron chi connectivity index (χ3n) is 3.69. The van der Waals surface area contributed by atoms with Crippen molar-refractivity contribution in [2.75, 3.05) is 26.3 Å². The standard InChI is InChI=1S/C16H19BrN2O5/c17-12-3-1-11(2-4-12)16(23)18-6-5-14(20)19-7-8-24-10-13(19)9-15(21)22/h1-4,13H,5-10H2,(H,18,23)(H,21,22). The van der Waals surface area contributed by atoms with E-state index in [1.807, 2.05) is 0 Å². The number of benzene rings is 1. The minimum absolute atomic E-state index is 0.123. The highest BCUT2D eigenvalue weighted by Crippen LogP contribution is 2.13. The summed E-state index contributed by atoms with van der Waals surface area (Å²) < 4.78 is 6.12. The molecule has 0 aromatic heterocycles. The number of nitrogens with zero attached hydrogens (tertiary/aromatic N) is 1. The van der Waals surface area contributed by atoms with E-state index in [4.69, 9.17) is 9.84 Å². The topological polar surface area (TPSA) is 95.9 Å². The molecule has 0 radical (unpaired) electrons. The van der Waals surface area contributed by atoms with Crippen LogP contribution in [-0.2, 0) is 14.3 Å². The number of carbonyl (C=O) groups excluding carboxylic acids is 2. The number of aliphatic carboxylic acids is 1. The van der Waals surface area contributed by atoms with Crippen LogP contribution in [0.5, 0.6) is 0 Å². The van der Waals surface area contributed by atoms with Crippen LogP contribution >= 0.6 is 15.9 Å². The second-order valence-electron chi connectivity index (χ2n) is 5.43. The first-order chi connectivity index (χ1) is 11.5. The average Bonchev–Trinajstić information content (AvgIpc) is 2.55. The SMILES string of the molecule is O=C(O)CC1COCCN1C(=O)CCNC(=O)c1ccc(Br)cc1. The molecule has 24 heavy (non-hydrogen) atoms. The first-order valence-corrected chi connectivity index (χ1v) is 8.39. The molecule has 1 heterocycles. The molecular formula is C16H19BrN2O5. The van der Waals surface area contributed by atoms with Crippen molar-refractivity contribution in [2.45, 2.75) is 18.9 Å². The summed E-state index contributed by atoms with van der Waals surface area (Å²) in [4.78, 5) is 36.6. The molecule has 8 heteroatoms. The average molecular weight is 399 g/mol. The molecule has 1 saturated heterocycles. The van der Waals surface area contributed by atoms with E-state index in [-0.39, 0.29) is 37.8 Å². The molecule has 0 aliphatic carbocycles. The monoisotopic (exact) mass is 398 g/mol. The molecule has 2 rings (SSSR count). The van der Waals surface area contributed by atoms with Crippen LogP contribution in [0.25, 0.3) is 0 Å².